The highest BCUT2D eigenvalue weighted by atomic mass is 19.1. The fraction of sp³-hybridized carbons (Fsp3) is 0.381. The van der Waals surface area contributed by atoms with Gasteiger partial charge >= 0.3 is 0 Å². The van der Waals surface area contributed by atoms with Gasteiger partial charge in [0.2, 0.25) is 5.95 Å². The van der Waals surface area contributed by atoms with Gasteiger partial charge in [0.05, 0.1) is 37.3 Å². The molecule has 4 aromatic rings. The summed E-state index contributed by atoms with van der Waals surface area (Å²) in [6.45, 7) is 1.12. The van der Waals surface area contributed by atoms with Crippen molar-refractivity contribution in [2.45, 2.75) is 38.0 Å². The van der Waals surface area contributed by atoms with Crippen molar-refractivity contribution in [3.05, 3.63) is 42.6 Å². The Morgan fingerprint density at radius 2 is 2.19 bits per heavy atom. The highest BCUT2D eigenvalue weighted by Gasteiger charge is 2.23. The average molecular weight is 438 g/mol. The third kappa shape index (κ3) is 4.04. The van der Waals surface area contributed by atoms with E-state index < -0.39 is 5.82 Å². The summed E-state index contributed by atoms with van der Waals surface area (Å²) in [7, 11) is 1.62. The van der Waals surface area contributed by atoms with Gasteiger partial charge in [-0.05, 0) is 31.4 Å². The van der Waals surface area contributed by atoms with E-state index in [2.05, 4.69) is 30.7 Å². The van der Waals surface area contributed by atoms with E-state index >= 15 is 0 Å². The van der Waals surface area contributed by atoms with Crippen molar-refractivity contribution in [1.29, 1.82) is 0 Å². The Morgan fingerprint density at radius 3 is 2.97 bits per heavy atom. The fourth-order valence-electron chi connectivity index (χ4n) is 3.92. The van der Waals surface area contributed by atoms with Crippen molar-refractivity contribution < 1.29 is 14.2 Å². The molecule has 0 saturated heterocycles. The van der Waals surface area contributed by atoms with Gasteiger partial charge in [-0.25, -0.2) is 9.37 Å². The number of aliphatic hydroxyl groups excluding tert-OH is 1. The van der Waals surface area contributed by atoms with Crippen LogP contribution in [0.2, 0.25) is 0 Å². The molecule has 0 spiro atoms. The third-order valence-corrected chi connectivity index (χ3v) is 5.60. The predicted molar refractivity (Wildman–Crippen MR) is 115 cm³/mol. The van der Waals surface area contributed by atoms with Crippen LogP contribution in [0.15, 0.2) is 36.8 Å². The molecule has 32 heavy (non-hydrogen) atoms. The molecule has 1 aromatic carbocycles. The number of anilines is 1. The lowest BCUT2D eigenvalue weighted by Gasteiger charge is -2.11. The van der Waals surface area contributed by atoms with Crippen LogP contribution in [0, 0.1) is 5.82 Å². The molecule has 11 heteroatoms. The molecule has 0 unspecified atom stereocenters. The van der Waals surface area contributed by atoms with E-state index in [-0.39, 0.29) is 12.1 Å². The number of halogens is 1. The molecule has 0 radical (unpaired) electrons. The van der Waals surface area contributed by atoms with Crippen molar-refractivity contribution >= 4 is 17.1 Å². The first-order valence-corrected chi connectivity index (χ1v) is 10.5. The number of rotatable bonds is 7. The molecule has 1 fully saturated rings. The quantitative estimate of drug-likeness (QED) is 0.451. The molecule has 3 aromatic heterocycles. The Hall–Kier alpha value is -3.44. The van der Waals surface area contributed by atoms with Crippen LogP contribution in [0.4, 0.5) is 10.3 Å². The molecule has 1 saturated carbocycles. The van der Waals surface area contributed by atoms with Gasteiger partial charge in [-0.3, -0.25) is 4.68 Å². The van der Waals surface area contributed by atoms with Gasteiger partial charge in [-0.15, -0.1) is 5.10 Å². The lowest BCUT2D eigenvalue weighted by molar-refractivity contribution is 0.182. The summed E-state index contributed by atoms with van der Waals surface area (Å²) in [5, 5.41) is 25.4. The predicted octanol–water partition coefficient (Wildman–Crippen LogP) is 2.18. The van der Waals surface area contributed by atoms with Crippen molar-refractivity contribution in [3.8, 4) is 16.8 Å². The molecule has 0 amide bonds. The summed E-state index contributed by atoms with van der Waals surface area (Å²) in [6, 6.07) is 4.98. The Labute approximate surface area is 183 Å². The van der Waals surface area contributed by atoms with E-state index in [4.69, 9.17) is 4.74 Å². The van der Waals surface area contributed by atoms with Crippen LogP contribution in [-0.4, -0.2) is 65.7 Å². The normalized spacial score (nSPS) is 18.5. The monoisotopic (exact) mass is 438 g/mol. The van der Waals surface area contributed by atoms with Crippen molar-refractivity contribution in [1.82, 2.24) is 34.7 Å². The second-order valence-electron chi connectivity index (χ2n) is 7.86. The number of nitrogens with one attached hydrogen (secondary N) is 1. The molecule has 10 nitrogen and oxygen atoms in total. The first-order valence-electron chi connectivity index (χ1n) is 10.5. The Kier molecular flexibility index (Phi) is 5.50. The number of aliphatic hydroxyl groups is 1. The van der Waals surface area contributed by atoms with Crippen LogP contribution in [0.25, 0.3) is 28.0 Å². The van der Waals surface area contributed by atoms with Gasteiger partial charge in [0.25, 0.3) is 0 Å². The number of benzene rings is 1. The molecule has 2 N–H and O–H groups in total. The average Bonchev–Trinajstić information content (AvgIpc) is 3.52. The van der Waals surface area contributed by atoms with E-state index in [1.165, 1.54) is 10.7 Å². The molecule has 0 bridgehead atoms. The minimum Gasteiger partial charge on any atom is -0.393 e. The smallest absolute Gasteiger partial charge is 0.225 e. The van der Waals surface area contributed by atoms with Gasteiger partial charge in [0.1, 0.15) is 5.82 Å². The minimum atomic E-state index is -0.398. The lowest BCUT2D eigenvalue weighted by atomic mass is 10.1. The SMILES string of the molecule is COCCn1cc(-c2ccc(-n3nnc4cnc(N[C@@H]5CC[C@@H](O)C5)nc43)cc2F)cn1. The van der Waals surface area contributed by atoms with Gasteiger partial charge in [0, 0.05) is 36.5 Å². The first kappa shape index (κ1) is 20.5. The zero-order valence-electron chi connectivity index (χ0n) is 17.5. The summed E-state index contributed by atoms with van der Waals surface area (Å²) in [5.41, 5.74) is 2.60. The third-order valence-electron chi connectivity index (χ3n) is 5.60. The highest BCUT2D eigenvalue weighted by Crippen LogP contribution is 2.26. The lowest BCUT2D eigenvalue weighted by Crippen LogP contribution is -2.18. The topological polar surface area (TPSA) is 116 Å². The van der Waals surface area contributed by atoms with Crippen LogP contribution < -0.4 is 5.32 Å². The zero-order valence-corrected chi connectivity index (χ0v) is 17.5. The Balaban J connectivity index is 1.41. The first-order chi connectivity index (χ1) is 15.6. The van der Waals surface area contributed by atoms with E-state index in [1.54, 1.807) is 42.5 Å². The highest BCUT2D eigenvalue weighted by molar-refractivity contribution is 5.72. The maximum absolute atomic E-state index is 15.0. The molecule has 5 rings (SSSR count). The Bertz CT molecular complexity index is 1240. The molecule has 166 valence electrons. The van der Waals surface area contributed by atoms with Crippen LogP contribution in [0.3, 0.4) is 0 Å². The second-order valence-corrected chi connectivity index (χ2v) is 7.86. The summed E-state index contributed by atoms with van der Waals surface area (Å²) in [4.78, 5) is 8.81. The summed E-state index contributed by atoms with van der Waals surface area (Å²) < 4.78 is 23.2. The van der Waals surface area contributed by atoms with Gasteiger partial charge in [0.15, 0.2) is 11.2 Å². The van der Waals surface area contributed by atoms with Gasteiger partial charge in [-0.2, -0.15) is 14.8 Å². The van der Waals surface area contributed by atoms with Gasteiger partial charge < -0.3 is 15.2 Å². The van der Waals surface area contributed by atoms with Gasteiger partial charge in [-0.1, -0.05) is 5.21 Å². The summed E-state index contributed by atoms with van der Waals surface area (Å²) >= 11 is 0. The van der Waals surface area contributed by atoms with Crippen LogP contribution >= 0.6 is 0 Å². The summed E-state index contributed by atoms with van der Waals surface area (Å²) in [6.07, 6.45) is 6.98. The largest absolute Gasteiger partial charge is 0.393 e. The van der Waals surface area contributed by atoms with E-state index in [9.17, 15) is 9.50 Å². The molecular weight excluding hydrogens is 415 g/mol. The zero-order chi connectivity index (χ0) is 22.1. The van der Waals surface area contributed by atoms with E-state index in [1.807, 2.05) is 0 Å². The van der Waals surface area contributed by atoms with Crippen molar-refractivity contribution in [2.75, 3.05) is 19.0 Å². The van der Waals surface area contributed by atoms with E-state index in [0.717, 1.165) is 12.8 Å². The number of hydrogen-bond donors (Lipinski definition) is 2. The molecule has 3 heterocycles. The maximum atomic E-state index is 15.0. The minimum absolute atomic E-state index is 0.119. The summed E-state index contributed by atoms with van der Waals surface area (Å²) in [5.74, 6) is 0.0329. The van der Waals surface area contributed by atoms with Crippen molar-refractivity contribution in [3.63, 3.8) is 0 Å². The van der Waals surface area contributed by atoms with Crippen LogP contribution in [0.5, 0.6) is 0 Å². The molecule has 2 atom stereocenters. The number of ether oxygens (including phenoxy) is 1. The maximum Gasteiger partial charge on any atom is 0.225 e. The van der Waals surface area contributed by atoms with E-state index in [0.29, 0.717) is 53.5 Å². The molecule has 0 aliphatic heterocycles. The molecular formula is C21H23FN8O2. The number of aromatic nitrogens is 7. The number of hydrogen-bond acceptors (Lipinski definition) is 8. The van der Waals surface area contributed by atoms with Crippen molar-refractivity contribution in [2.24, 2.45) is 0 Å². The molecule has 1 aliphatic carbocycles. The number of fused-ring (bicyclic) bond motifs is 1. The second kappa shape index (κ2) is 8.60. The standard InChI is InChI=1S/C21H23FN8O2/c1-32-7-6-29-12-13(10-24-29)17-5-3-15(9-18(17)22)30-20-19(27-28-30)11-23-21(26-20)25-14-2-4-16(31)8-14/h3,5,9-12,14,16,31H,2,4,6-8H2,1H3,(H,23,25,26)/t14-,16-/m1/s1. The molecule has 1 aliphatic rings. The number of methoxy groups -OCH3 is 1. The Morgan fingerprint density at radius 1 is 1.28 bits per heavy atom. The fourth-order valence-corrected chi connectivity index (χ4v) is 3.92. The van der Waals surface area contributed by atoms with Crippen LogP contribution in [-0.2, 0) is 11.3 Å². The van der Waals surface area contributed by atoms with Crippen LogP contribution in [0.1, 0.15) is 19.3 Å². The number of nitrogens with zero attached hydrogens (tertiary/aromatic N) is 7.